The number of aromatic nitrogens is 2. The van der Waals surface area contributed by atoms with Gasteiger partial charge >= 0.3 is 5.97 Å². The van der Waals surface area contributed by atoms with Gasteiger partial charge in [-0.15, -0.1) is 0 Å². The number of phenols is 1. The van der Waals surface area contributed by atoms with E-state index in [-0.39, 0.29) is 50.4 Å². The third-order valence-electron chi connectivity index (χ3n) is 6.22. The Morgan fingerprint density at radius 2 is 1.51 bits per heavy atom. The number of hydrogen-bond donors (Lipinski definition) is 10. The van der Waals surface area contributed by atoms with Gasteiger partial charge in [-0.05, 0) is 37.0 Å². The summed E-state index contributed by atoms with van der Waals surface area (Å²) in [5.41, 5.74) is 22.7. The Labute approximate surface area is 246 Å². The second-order valence-electron chi connectivity index (χ2n) is 9.73. The predicted molar refractivity (Wildman–Crippen MR) is 154 cm³/mol. The van der Waals surface area contributed by atoms with Gasteiger partial charge in [0, 0.05) is 37.7 Å². The van der Waals surface area contributed by atoms with Crippen LogP contribution >= 0.6 is 0 Å². The molecule has 0 saturated heterocycles. The Morgan fingerprint density at radius 1 is 0.884 bits per heavy atom. The quantitative estimate of drug-likeness (QED) is 0.0468. The monoisotopic (exact) mass is 602 g/mol. The number of rotatable bonds is 18. The molecule has 0 saturated carbocycles. The number of aromatic hydroxyl groups is 1. The maximum Gasteiger partial charge on any atom is 0.326 e. The molecule has 0 aliphatic heterocycles. The number of nitrogens with zero attached hydrogens (tertiary/aromatic N) is 2. The first kappa shape index (κ1) is 34.0. The third kappa shape index (κ3) is 12.5. The van der Waals surface area contributed by atoms with Crippen LogP contribution in [0.4, 0.5) is 0 Å². The highest BCUT2D eigenvalue weighted by molar-refractivity contribution is 5.94. The van der Waals surface area contributed by atoms with Crippen molar-refractivity contribution >= 4 is 35.6 Å². The number of H-pyrrole nitrogens is 1. The van der Waals surface area contributed by atoms with Crippen LogP contribution in [0.15, 0.2) is 41.8 Å². The molecule has 0 bridgehead atoms. The molecule has 2 aromatic rings. The lowest BCUT2D eigenvalue weighted by Crippen LogP contribution is -2.58. The number of primary amides is 1. The molecular formula is C26H38N10O7. The van der Waals surface area contributed by atoms with Crippen LogP contribution in [-0.2, 0) is 36.8 Å². The highest BCUT2D eigenvalue weighted by Crippen LogP contribution is 2.12. The van der Waals surface area contributed by atoms with Crippen LogP contribution < -0.4 is 38.9 Å². The van der Waals surface area contributed by atoms with Crippen LogP contribution in [0.25, 0.3) is 0 Å². The van der Waals surface area contributed by atoms with Gasteiger partial charge in [0.1, 0.15) is 23.9 Å². The molecule has 4 unspecified atom stereocenters. The van der Waals surface area contributed by atoms with Gasteiger partial charge in [0.15, 0.2) is 5.96 Å². The molecule has 234 valence electrons. The number of aromatic amines is 1. The van der Waals surface area contributed by atoms with E-state index in [0.717, 1.165) is 0 Å². The lowest BCUT2D eigenvalue weighted by molar-refractivity contribution is -0.142. The van der Waals surface area contributed by atoms with Crippen molar-refractivity contribution in [3.05, 3.63) is 48.0 Å². The largest absolute Gasteiger partial charge is 0.508 e. The van der Waals surface area contributed by atoms with Gasteiger partial charge < -0.3 is 54.1 Å². The number of carbonyl (C=O) groups is 5. The molecule has 17 nitrogen and oxygen atoms in total. The van der Waals surface area contributed by atoms with Gasteiger partial charge in [-0.1, -0.05) is 12.1 Å². The standard InChI is InChI=1S/C26H38N10O7/c27-17(2-1-9-32-26(29)30)22(39)34-18(7-8-21(28)38)23(40)35-19(11-15-12-31-13-33-15)24(41)36-20(25(42)43)10-14-3-5-16(37)6-4-14/h3-6,12-13,17-20,37H,1-2,7-11,27H2,(H2,28,38)(H,31,33)(H,34,39)(H,35,40)(H,36,41)(H,42,43)(H4,29,30,32). The van der Waals surface area contributed by atoms with E-state index in [1.165, 1.54) is 36.8 Å². The smallest absolute Gasteiger partial charge is 0.326 e. The molecular weight excluding hydrogens is 564 g/mol. The predicted octanol–water partition coefficient (Wildman–Crippen LogP) is -2.91. The molecule has 0 radical (unpaired) electrons. The average molecular weight is 603 g/mol. The van der Waals surface area contributed by atoms with E-state index >= 15 is 0 Å². The van der Waals surface area contributed by atoms with Crippen LogP contribution in [-0.4, -0.2) is 86.5 Å². The van der Waals surface area contributed by atoms with Crippen molar-refractivity contribution in [1.82, 2.24) is 25.9 Å². The molecule has 17 heteroatoms. The Balaban J connectivity index is 2.18. The Kier molecular flexibility index (Phi) is 13.4. The number of phenolic OH excluding ortho intramolecular Hbond substituents is 1. The van der Waals surface area contributed by atoms with Gasteiger partial charge in [-0.2, -0.15) is 0 Å². The molecule has 0 fully saturated rings. The van der Waals surface area contributed by atoms with E-state index in [2.05, 4.69) is 30.9 Å². The zero-order chi connectivity index (χ0) is 31.9. The number of amides is 4. The fraction of sp³-hybridized carbons (Fsp3) is 0.423. The maximum atomic E-state index is 13.3. The van der Waals surface area contributed by atoms with Crippen molar-refractivity contribution in [3.8, 4) is 5.75 Å². The molecule has 43 heavy (non-hydrogen) atoms. The molecule has 0 aliphatic rings. The van der Waals surface area contributed by atoms with E-state index in [1.54, 1.807) is 0 Å². The van der Waals surface area contributed by atoms with Crippen LogP contribution in [0.5, 0.6) is 5.75 Å². The number of imidazole rings is 1. The van der Waals surface area contributed by atoms with Crippen LogP contribution in [0.2, 0.25) is 0 Å². The number of carboxylic acids is 1. The van der Waals surface area contributed by atoms with E-state index < -0.39 is 53.8 Å². The van der Waals surface area contributed by atoms with E-state index in [4.69, 9.17) is 22.9 Å². The molecule has 1 aromatic heterocycles. The lowest BCUT2D eigenvalue weighted by atomic mass is 10.0. The van der Waals surface area contributed by atoms with Gasteiger partial charge in [0.25, 0.3) is 0 Å². The number of benzene rings is 1. The summed E-state index contributed by atoms with van der Waals surface area (Å²) >= 11 is 0. The number of aliphatic imine (C=N–C) groups is 1. The summed E-state index contributed by atoms with van der Waals surface area (Å²) in [6.45, 7) is 0.239. The molecule has 1 aromatic carbocycles. The van der Waals surface area contributed by atoms with Gasteiger partial charge in [0.2, 0.25) is 23.6 Å². The lowest BCUT2D eigenvalue weighted by Gasteiger charge is -2.25. The summed E-state index contributed by atoms with van der Waals surface area (Å²) in [7, 11) is 0. The first-order valence-electron chi connectivity index (χ1n) is 13.3. The van der Waals surface area contributed by atoms with Crippen molar-refractivity contribution in [2.75, 3.05) is 6.54 Å². The molecule has 14 N–H and O–H groups in total. The van der Waals surface area contributed by atoms with Crippen LogP contribution in [0, 0.1) is 0 Å². The molecule has 1 heterocycles. The average Bonchev–Trinajstić information content (AvgIpc) is 3.46. The molecule has 4 amide bonds. The molecule has 4 atom stereocenters. The Morgan fingerprint density at radius 3 is 2.09 bits per heavy atom. The fourth-order valence-corrected chi connectivity index (χ4v) is 3.92. The highest BCUT2D eigenvalue weighted by atomic mass is 16.4. The molecule has 0 spiro atoms. The second-order valence-corrected chi connectivity index (χ2v) is 9.73. The summed E-state index contributed by atoms with van der Waals surface area (Å²) in [4.78, 5) is 73.3. The molecule has 2 rings (SSSR count). The van der Waals surface area contributed by atoms with Crippen molar-refractivity contribution in [3.63, 3.8) is 0 Å². The zero-order valence-electron chi connectivity index (χ0n) is 23.4. The van der Waals surface area contributed by atoms with Crippen LogP contribution in [0.3, 0.4) is 0 Å². The van der Waals surface area contributed by atoms with E-state index in [1.807, 2.05) is 0 Å². The summed E-state index contributed by atoms with van der Waals surface area (Å²) < 4.78 is 0. The number of carbonyl (C=O) groups excluding carboxylic acids is 4. The summed E-state index contributed by atoms with van der Waals surface area (Å²) in [5, 5.41) is 26.7. The number of guanidine groups is 1. The minimum atomic E-state index is -1.37. The number of nitrogens with one attached hydrogen (secondary N) is 4. The first-order chi connectivity index (χ1) is 20.3. The Bertz CT molecular complexity index is 1260. The van der Waals surface area contributed by atoms with Crippen molar-refractivity contribution < 1.29 is 34.2 Å². The summed E-state index contributed by atoms with van der Waals surface area (Å²) in [5.74, 6) is -4.51. The number of carboxylic acid groups (broad SMARTS) is 1. The number of aliphatic carboxylic acids is 1. The summed E-state index contributed by atoms with van der Waals surface area (Å²) in [6.07, 6.45) is 2.69. The van der Waals surface area contributed by atoms with Gasteiger partial charge in [-0.25, -0.2) is 9.78 Å². The normalized spacial score (nSPS) is 13.5. The second kappa shape index (κ2) is 16.9. The van der Waals surface area contributed by atoms with E-state index in [0.29, 0.717) is 17.7 Å². The first-order valence-corrected chi connectivity index (χ1v) is 13.3. The highest BCUT2D eigenvalue weighted by Gasteiger charge is 2.31. The SMILES string of the molecule is NC(=O)CCC(NC(=O)C(N)CCCN=C(N)N)C(=O)NC(Cc1cnc[nH]1)C(=O)NC(Cc1ccc(O)cc1)C(=O)O. The van der Waals surface area contributed by atoms with Crippen LogP contribution in [0.1, 0.15) is 36.9 Å². The van der Waals surface area contributed by atoms with Crippen molar-refractivity contribution in [2.24, 2.45) is 27.9 Å². The minimum absolute atomic E-state index is 0.00752. The minimum Gasteiger partial charge on any atom is -0.508 e. The van der Waals surface area contributed by atoms with E-state index in [9.17, 15) is 34.2 Å². The molecule has 0 aliphatic carbocycles. The number of hydrogen-bond acceptors (Lipinski definition) is 9. The zero-order valence-corrected chi connectivity index (χ0v) is 23.4. The number of nitrogens with two attached hydrogens (primary N) is 4. The van der Waals surface area contributed by atoms with Gasteiger partial charge in [0.05, 0.1) is 12.4 Å². The maximum absolute atomic E-state index is 13.3. The third-order valence-corrected chi connectivity index (χ3v) is 6.22. The topological polar surface area (TPSA) is 307 Å². The fourth-order valence-electron chi connectivity index (χ4n) is 3.92. The van der Waals surface area contributed by atoms with Crippen molar-refractivity contribution in [2.45, 2.75) is 62.7 Å². The van der Waals surface area contributed by atoms with Crippen molar-refractivity contribution in [1.29, 1.82) is 0 Å². The van der Waals surface area contributed by atoms with Gasteiger partial charge in [-0.3, -0.25) is 24.2 Å². The Hall–Kier alpha value is -5.19. The summed E-state index contributed by atoms with van der Waals surface area (Å²) in [6, 6.07) is 0.780.